The molecule has 2 aromatic carbocycles. The third-order valence-electron chi connectivity index (χ3n) is 6.06. The lowest BCUT2D eigenvalue weighted by Gasteiger charge is -2.38. The monoisotopic (exact) mass is 447 g/mol. The molecule has 0 saturated heterocycles. The van der Waals surface area contributed by atoms with Crippen LogP contribution in [0.25, 0.3) is 0 Å². The molecule has 174 valence electrons. The predicted molar refractivity (Wildman–Crippen MR) is 132 cm³/mol. The van der Waals surface area contributed by atoms with Crippen LogP contribution in [0, 0.1) is 6.92 Å². The van der Waals surface area contributed by atoms with Crippen LogP contribution in [0.3, 0.4) is 0 Å². The molecule has 0 bridgehead atoms. The first kappa shape index (κ1) is 23.0. The standard InChI is InChI=1S/C26H33N5O2/c1-20-24(17-21-9-6-5-7-10-21)25(32)31-19-29(16-8-15-28(2)3)18-30(26(31)27-20)22-11-13-23(33-4)14-12-22/h5-7,9-14H,8,15-19H2,1-4H3. The number of nitrogens with zero attached hydrogens (tertiary/aromatic N) is 5. The van der Waals surface area contributed by atoms with Gasteiger partial charge in [-0.15, -0.1) is 0 Å². The first-order valence-corrected chi connectivity index (χ1v) is 11.4. The van der Waals surface area contributed by atoms with Gasteiger partial charge in [0.2, 0.25) is 5.95 Å². The summed E-state index contributed by atoms with van der Waals surface area (Å²) < 4.78 is 7.16. The first-order valence-electron chi connectivity index (χ1n) is 11.4. The Balaban J connectivity index is 1.72. The summed E-state index contributed by atoms with van der Waals surface area (Å²) in [7, 11) is 5.83. The first-order chi connectivity index (χ1) is 16.0. The summed E-state index contributed by atoms with van der Waals surface area (Å²) in [5.41, 5.74) is 3.69. The molecular weight excluding hydrogens is 414 g/mol. The van der Waals surface area contributed by atoms with Gasteiger partial charge in [0.05, 0.1) is 26.1 Å². The molecule has 0 unspecified atom stereocenters. The number of fused-ring (bicyclic) bond motifs is 1. The number of hydrogen-bond acceptors (Lipinski definition) is 6. The van der Waals surface area contributed by atoms with E-state index >= 15 is 0 Å². The summed E-state index contributed by atoms with van der Waals surface area (Å²) in [6.45, 7) is 5.08. The van der Waals surface area contributed by atoms with Crippen molar-refractivity contribution < 1.29 is 4.74 Å². The van der Waals surface area contributed by atoms with Gasteiger partial charge in [-0.25, -0.2) is 4.98 Å². The van der Waals surface area contributed by atoms with Gasteiger partial charge in [0.15, 0.2) is 0 Å². The van der Waals surface area contributed by atoms with E-state index in [9.17, 15) is 4.79 Å². The lowest BCUT2D eigenvalue weighted by atomic mass is 10.1. The fraction of sp³-hybridized carbons (Fsp3) is 0.385. The molecule has 0 spiro atoms. The third kappa shape index (κ3) is 5.26. The van der Waals surface area contributed by atoms with Crippen molar-refractivity contribution in [2.24, 2.45) is 0 Å². The zero-order valence-electron chi connectivity index (χ0n) is 20.0. The highest BCUT2D eigenvalue weighted by Crippen LogP contribution is 2.29. The van der Waals surface area contributed by atoms with Crippen LogP contribution in [0.1, 0.15) is 23.2 Å². The van der Waals surface area contributed by atoms with Crippen LogP contribution >= 0.6 is 0 Å². The van der Waals surface area contributed by atoms with Crippen molar-refractivity contribution in [2.75, 3.05) is 45.9 Å². The van der Waals surface area contributed by atoms with E-state index in [0.29, 0.717) is 25.7 Å². The van der Waals surface area contributed by atoms with Crippen LogP contribution < -0.4 is 15.2 Å². The summed E-state index contributed by atoms with van der Waals surface area (Å²) >= 11 is 0. The average Bonchev–Trinajstić information content (AvgIpc) is 2.82. The van der Waals surface area contributed by atoms with E-state index in [0.717, 1.165) is 47.8 Å². The smallest absolute Gasteiger partial charge is 0.259 e. The summed E-state index contributed by atoms with van der Waals surface area (Å²) in [5, 5.41) is 0. The highest BCUT2D eigenvalue weighted by atomic mass is 16.5. The molecule has 7 nitrogen and oxygen atoms in total. The van der Waals surface area contributed by atoms with Gasteiger partial charge in [0.25, 0.3) is 5.56 Å². The number of benzene rings is 2. The third-order valence-corrected chi connectivity index (χ3v) is 6.06. The number of hydrogen-bond donors (Lipinski definition) is 0. The molecule has 0 atom stereocenters. The van der Waals surface area contributed by atoms with Gasteiger partial charge in [0.1, 0.15) is 5.75 Å². The van der Waals surface area contributed by atoms with Crippen molar-refractivity contribution in [3.63, 3.8) is 0 Å². The van der Waals surface area contributed by atoms with Gasteiger partial charge in [-0.3, -0.25) is 19.2 Å². The fourth-order valence-electron chi connectivity index (χ4n) is 4.24. The van der Waals surface area contributed by atoms with Crippen LogP contribution in [-0.4, -0.2) is 60.3 Å². The molecule has 0 amide bonds. The van der Waals surface area contributed by atoms with E-state index in [1.807, 2.05) is 54.0 Å². The highest BCUT2D eigenvalue weighted by molar-refractivity contribution is 5.59. The molecule has 0 radical (unpaired) electrons. The largest absolute Gasteiger partial charge is 0.497 e. The molecule has 2 heterocycles. The lowest BCUT2D eigenvalue weighted by Crippen LogP contribution is -2.48. The lowest BCUT2D eigenvalue weighted by molar-refractivity contribution is 0.189. The molecule has 33 heavy (non-hydrogen) atoms. The number of methoxy groups -OCH3 is 1. The summed E-state index contributed by atoms with van der Waals surface area (Å²) in [6.07, 6.45) is 1.62. The van der Waals surface area contributed by atoms with Gasteiger partial charge in [-0.1, -0.05) is 30.3 Å². The van der Waals surface area contributed by atoms with Crippen LogP contribution in [0.5, 0.6) is 5.75 Å². The molecular formula is C26H33N5O2. The van der Waals surface area contributed by atoms with E-state index in [2.05, 4.69) is 40.9 Å². The van der Waals surface area contributed by atoms with Crippen molar-refractivity contribution in [2.45, 2.75) is 26.4 Å². The van der Waals surface area contributed by atoms with Gasteiger partial charge in [-0.2, -0.15) is 0 Å². The minimum Gasteiger partial charge on any atom is -0.497 e. The molecule has 0 saturated carbocycles. The molecule has 0 fully saturated rings. The summed E-state index contributed by atoms with van der Waals surface area (Å²) in [4.78, 5) is 25.2. The normalized spacial score (nSPS) is 13.9. The maximum Gasteiger partial charge on any atom is 0.259 e. The molecule has 0 N–H and O–H groups in total. The highest BCUT2D eigenvalue weighted by Gasteiger charge is 2.27. The minimum absolute atomic E-state index is 0.0391. The Labute approximate surface area is 195 Å². The van der Waals surface area contributed by atoms with Crippen LogP contribution in [-0.2, 0) is 13.1 Å². The van der Waals surface area contributed by atoms with Crippen LogP contribution in [0.15, 0.2) is 59.4 Å². The van der Waals surface area contributed by atoms with Crippen LogP contribution in [0.4, 0.5) is 11.6 Å². The number of ether oxygens (including phenoxy) is 1. The Bertz CT molecular complexity index is 1130. The van der Waals surface area contributed by atoms with E-state index in [1.54, 1.807) is 7.11 Å². The molecule has 1 aromatic heterocycles. The minimum atomic E-state index is 0.0391. The number of aryl methyl sites for hydroxylation is 1. The quantitative estimate of drug-likeness (QED) is 0.527. The summed E-state index contributed by atoms with van der Waals surface area (Å²) in [5.74, 6) is 1.50. The van der Waals surface area contributed by atoms with Gasteiger partial charge >= 0.3 is 0 Å². The zero-order chi connectivity index (χ0) is 23.4. The Morgan fingerprint density at radius 1 is 1.03 bits per heavy atom. The van der Waals surface area contributed by atoms with E-state index in [-0.39, 0.29) is 5.56 Å². The van der Waals surface area contributed by atoms with Crippen molar-refractivity contribution in [1.82, 2.24) is 19.4 Å². The maximum atomic E-state index is 13.7. The van der Waals surface area contributed by atoms with Gasteiger partial charge in [-0.05, 0) is 63.8 Å². The van der Waals surface area contributed by atoms with Gasteiger partial charge in [0, 0.05) is 24.2 Å². The maximum absolute atomic E-state index is 13.7. The van der Waals surface area contributed by atoms with Crippen LogP contribution in [0.2, 0.25) is 0 Å². The molecule has 3 aromatic rings. The Morgan fingerprint density at radius 3 is 2.42 bits per heavy atom. The number of aromatic nitrogens is 2. The molecule has 7 heteroatoms. The summed E-state index contributed by atoms with van der Waals surface area (Å²) in [6, 6.07) is 18.0. The Kier molecular flexibility index (Phi) is 7.11. The number of rotatable bonds is 8. The predicted octanol–water partition coefficient (Wildman–Crippen LogP) is 3.47. The van der Waals surface area contributed by atoms with Crippen molar-refractivity contribution >= 4 is 11.6 Å². The molecule has 0 aliphatic carbocycles. The van der Waals surface area contributed by atoms with Crippen molar-refractivity contribution in [3.05, 3.63) is 81.8 Å². The second kappa shape index (κ2) is 10.2. The topological polar surface area (TPSA) is 53.8 Å². The van der Waals surface area contributed by atoms with Crippen molar-refractivity contribution in [3.8, 4) is 5.75 Å². The van der Waals surface area contributed by atoms with E-state index < -0.39 is 0 Å². The van der Waals surface area contributed by atoms with Crippen molar-refractivity contribution in [1.29, 1.82) is 0 Å². The zero-order valence-corrected chi connectivity index (χ0v) is 20.0. The average molecular weight is 448 g/mol. The second-order valence-corrected chi connectivity index (χ2v) is 8.83. The SMILES string of the molecule is COc1ccc(N2CN(CCCN(C)C)Cn3c2nc(C)c(Cc2ccccc2)c3=O)cc1. The molecule has 1 aliphatic heterocycles. The van der Waals surface area contributed by atoms with Gasteiger partial charge < -0.3 is 9.64 Å². The molecule has 1 aliphatic rings. The Morgan fingerprint density at radius 2 is 1.76 bits per heavy atom. The number of anilines is 2. The molecule has 4 rings (SSSR count). The van der Waals surface area contributed by atoms with E-state index in [1.165, 1.54) is 0 Å². The fourth-order valence-corrected chi connectivity index (χ4v) is 4.24. The second-order valence-electron chi connectivity index (χ2n) is 8.83. The Hall–Kier alpha value is -3.16. The van der Waals surface area contributed by atoms with E-state index in [4.69, 9.17) is 9.72 Å².